The van der Waals surface area contributed by atoms with Gasteiger partial charge >= 0.3 is 0 Å². The van der Waals surface area contributed by atoms with Gasteiger partial charge in [0.15, 0.2) is 0 Å². The Morgan fingerprint density at radius 1 is 1.57 bits per heavy atom. The van der Waals surface area contributed by atoms with Gasteiger partial charge in [0.1, 0.15) is 0 Å². The van der Waals surface area contributed by atoms with Gasteiger partial charge in [0.05, 0.1) is 4.83 Å². The summed E-state index contributed by atoms with van der Waals surface area (Å²) in [4.78, 5) is 11.1. The maximum Gasteiger partial charge on any atom is 0.233 e. The molecule has 1 saturated carbocycles. The Morgan fingerprint density at radius 2 is 2.21 bits per heavy atom. The van der Waals surface area contributed by atoms with E-state index in [4.69, 9.17) is 5.11 Å². The van der Waals surface area contributed by atoms with Crippen molar-refractivity contribution < 1.29 is 9.90 Å². The molecule has 0 spiro atoms. The molecule has 14 heavy (non-hydrogen) atoms. The molecule has 0 heterocycles. The minimum Gasteiger partial charge on any atom is -0.396 e. The van der Waals surface area contributed by atoms with Crippen molar-refractivity contribution >= 4 is 21.8 Å². The summed E-state index contributed by atoms with van der Waals surface area (Å²) in [6, 6.07) is 0. The minimum absolute atomic E-state index is 0.0357. The molecule has 0 bridgehead atoms. The van der Waals surface area contributed by atoms with Crippen molar-refractivity contribution in [2.75, 3.05) is 13.2 Å². The second-order valence-electron chi connectivity index (χ2n) is 3.99. The molecule has 1 aliphatic rings. The maximum absolute atomic E-state index is 11.3. The lowest BCUT2D eigenvalue weighted by Gasteiger charge is -2.18. The van der Waals surface area contributed by atoms with Gasteiger partial charge in [-0.25, -0.2) is 0 Å². The summed E-state index contributed by atoms with van der Waals surface area (Å²) in [7, 11) is 0. The number of carbonyl (C=O) groups is 1. The lowest BCUT2D eigenvalue weighted by atomic mass is 9.97. The Hall–Kier alpha value is -0.0900. The molecule has 3 unspecified atom stereocenters. The van der Waals surface area contributed by atoms with Crippen LogP contribution in [0.15, 0.2) is 0 Å². The van der Waals surface area contributed by atoms with Crippen LogP contribution in [0.25, 0.3) is 0 Å². The molecular formula is C10H18BrNO2. The van der Waals surface area contributed by atoms with Crippen molar-refractivity contribution in [2.45, 2.75) is 31.0 Å². The number of alkyl halides is 1. The van der Waals surface area contributed by atoms with E-state index < -0.39 is 0 Å². The molecule has 0 radical (unpaired) electrons. The van der Waals surface area contributed by atoms with Crippen LogP contribution in [0.4, 0.5) is 0 Å². The normalized spacial score (nSPS) is 28.8. The third-order valence-corrected chi connectivity index (χ3v) is 3.37. The van der Waals surface area contributed by atoms with Crippen molar-refractivity contribution in [2.24, 2.45) is 11.8 Å². The van der Waals surface area contributed by atoms with E-state index in [9.17, 15) is 4.79 Å². The number of hydrogen-bond donors (Lipinski definition) is 2. The first-order chi connectivity index (χ1) is 6.65. The van der Waals surface area contributed by atoms with Gasteiger partial charge in [-0.3, -0.25) is 4.79 Å². The molecule has 1 fully saturated rings. The molecule has 4 heteroatoms. The van der Waals surface area contributed by atoms with Gasteiger partial charge in [-0.1, -0.05) is 22.4 Å². The van der Waals surface area contributed by atoms with Crippen LogP contribution in [0.1, 0.15) is 26.2 Å². The highest BCUT2D eigenvalue weighted by Gasteiger charge is 2.26. The predicted octanol–water partition coefficient (Wildman–Crippen LogP) is 1.29. The summed E-state index contributed by atoms with van der Waals surface area (Å²) in [6.45, 7) is 2.78. The Labute approximate surface area is 93.4 Å². The fourth-order valence-corrected chi connectivity index (χ4v) is 2.16. The maximum atomic E-state index is 11.3. The second kappa shape index (κ2) is 5.71. The minimum atomic E-state index is -0.128. The van der Waals surface area contributed by atoms with Crippen LogP contribution in [0.3, 0.4) is 0 Å². The Morgan fingerprint density at radius 3 is 2.79 bits per heavy atom. The van der Waals surface area contributed by atoms with E-state index in [0.717, 1.165) is 12.8 Å². The van der Waals surface area contributed by atoms with Crippen molar-refractivity contribution in [3.05, 3.63) is 0 Å². The summed E-state index contributed by atoms with van der Waals surface area (Å²) in [5.41, 5.74) is 0. The number of aliphatic hydroxyl groups excluding tert-OH is 1. The standard InChI is InChI=1S/C10H18BrNO2/c1-7(11)10(14)12-5-8-3-2-4-9(8)6-13/h7-9,13H,2-6H2,1H3,(H,12,14). The molecule has 0 saturated heterocycles. The average molecular weight is 264 g/mol. The Balaban J connectivity index is 2.27. The first-order valence-corrected chi connectivity index (χ1v) is 6.09. The lowest BCUT2D eigenvalue weighted by Crippen LogP contribution is -2.35. The number of rotatable bonds is 4. The van der Waals surface area contributed by atoms with Crippen molar-refractivity contribution in [1.82, 2.24) is 5.32 Å². The number of aliphatic hydroxyl groups is 1. The average Bonchev–Trinajstić information content (AvgIpc) is 2.60. The van der Waals surface area contributed by atoms with Gasteiger partial charge in [0, 0.05) is 13.2 Å². The topological polar surface area (TPSA) is 49.3 Å². The summed E-state index contributed by atoms with van der Waals surface area (Å²) in [6.07, 6.45) is 3.40. The highest BCUT2D eigenvalue weighted by molar-refractivity contribution is 9.10. The van der Waals surface area contributed by atoms with E-state index in [2.05, 4.69) is 21.2 Å². The third-order valence-electron chi connectivity index (χ3n) is 2.95. The van der Waals surface area contributed by atoms with Crippen LogP contribution < -0.4 is 5.32 Å². The molecule has 3 atom stereocenters. The van der Waals surface area contributed by atoms with Gasteiger partial charge in [0.2, 0.25) is 5.91 Å². The molecule has 0 aromatic heterocycles. The highest BCUT2D eigenvalue weighted by Crippen LogP contribution is 2.30. The summed E-state index contributed by atoms with van der Waals surface area (Å²) in [5, 5.41) is 12.0. The Bertz CT molecular complexity index is 197. The number of carbonyl (C=O) groups excluding carboxylic acids is 1. The van der Waals surface area contributed by atoms with Gasteiger partial charge in [-0.05, 0) is 31.6 Å². The molecule has 1 rings (SSSR count). The third kappa shape index (κ3) is 3.24. The molecular weight excluding hydrogens is 246 g/mol. The van der Waals surface area contributed by atoms with E-state index >= 15 is 0 Å². The first kappa shape index (κ1) is 12.0. The zero-order chi connectivity index (χ0) is 10.6. The van der Waals surface area contributed by atoms with Crippen LogP contribution >= 0.6 is 15.9 Å². The quantitative estimate of drug-likeness (QED) is 0.752. The van der Waals surface area contributed by atoms with Crippen LogP contribution in [0.2, 0.25) is 0 Å². The Kier molecular flexibility index (Phi) is 4.89. The molecule has 3 nitrogen and oxygen atoms in total. The van der Waals surface area contributed by atoms with Crippen molar-refractivity contribution in [3.8, 4) is 0 Å². The lowest BCUT2D eigenvalue weighted by molar-refractivity contribution is -0.120. The molecule has 2 N–H and O–H groups in total. The number of amides is 1. The summed E-state index contributed by atoms with van der Waals surface area (Å²) in [5.74, 6) is 0.893. The van der Waals surface area contributed by atoms with E-state index in [0.29, 0.717) is 18.4 Å². The fraction of sp³-hybridized carbons (Fsp3) is 0.900. The van der Waals surface area contributed by atoms with E-state index in [1.807, 2.05) is 6.92 Å². The molecule has 1 amide bonds. The molecule has 1 aliphatic carbocycles. The van der Waals surface area contributed by atoms with Gasteiger partial charge < -0.3 is 10.4 Å². The molecule has 0 aliphatic heterocycles. The second-order valence-corrected chi connectivity index (χ2v) is 5.37. The van der Waals surface area contributed by atoms with Crippen LogP contribution in [0, 0.1) is 11.8 Å². The highest BCUT2D eigenvalue weighted by atomic mass is 79.9. The molecule has 0 aromatic carbocycles. The van der Waals surface area contributed by atoms with E-state index in [-0.39, 0.29) is 17.3 Å². The van der Waals surface area contributed by atoms with Crippen molar-refractivity contribution in [1.29, 1.82) is 0 Å². The van der Waals surface area contributed by atoms with Crippen molar-refractivity contribution in [3.63, 3.8) is 0 Å². The van der Waals surface area contributed by atoms with E-state index in [1.54, 1.807) is 0 Å². The van der Waals surface area contributed by atoms with Crippen LogP contribution in [-0.2, 0) is 4.79 Å². The smallest absolute Gasteiger partial charge is 0.233 e. The first-order valence-electron chi connectivity index (χ1n) is 5.17. The fourth-order valence-electron chi connectivity index (χ4n) is 2.00. The van der Waals surface area contributed by atoms with Gasteiger partial charge in [-0.15, -0.1) is 0 Å². The summed E-state index contributed by atoms with van der Waals surface area (Å²) >= 11 is 3.22. The summed E-state index contributed by atoms with van der Waals surface area (Å²) < 4.78 is 0. The number of halogens is 1. The van der Waals surface area contributed by atoms with Crippen LogP contribution in [-0.4, -0.2) is 29.0 Å². The zero-order valence-electron chi connectivity index (χ0n) is 8.50. The number of nitrogens with one attached hydrogen (secondary N) is 1. The van der Waals surface area contributed by atoms with Crippen LogP contribution in [0.5, 0.6) is 0 Å². The predicted molar refractivity (Wildman–Crippen MR) is 59.3 cm³/mol. The molecule has 0 aromatic rings. The largest absolute Gasteiger partial charge is 0.396 e. The van der Waals surface area contributed by atoms with Gasteiger partial charge in [0.25, 0.3) is 0 Å². The zero-order valence-corrected chi connectivity index (χ0v) is 10.1. The molecule has 82 valence electrons. The van der Waals surface area contributed by atoms with Gasteiger partial charge in [-0.2, -0.15) is 0 Å². The SMILES string of the molecule is CC(Br)C(=O)NCC1CCCC1CO. The van der Waals surface area contributed by atoms with E-state index in [1.165, 1.54) is 6.42 Å². The number of hydrogen-bond acceptors (Lipinski definition) is 2. The monoisotopic (exact) mass is 263 g/mol.